The number of benzene rings is 1. The third-order valence-electron chi connectivity index (χ3n) is 2.56. The number of phenolic OH excluding ortho intramolecular Hbond substituents is 2. The van der Waals surface area contributed by atoms with E-state index in [1.807, 2.05) is 0 Å². The normalized spacial score (nSPS) is 13.9. The molecule has 0 bridgehead atoms. The summed E-state index contributed by atoms with van der Waals surface area (Å²) in [6, 6.07) is 4.28. The van der Waals surface area contributed by atoms with E-state index in [0.29, 0.717) is 23.5 Å². The Hall–Kier alpha value is -2.34. The second-order valence-electron chi connectivity index (χ2n) is 4.03. The summed E-state index contributed by atoms with van der Waals surface area (Å²) in [6.45, 7) is -0.0290. The number of ether oxygens (including phenoxy) is 1. The van der Waals surface area contributed by atoms with Gasteiger partial charge in [0.15, 0.2) is 0 Å². The average Bonchev–Trinajstić information content (AvgIpc) is 2.77. The van der Waals surface area contributed by atoms with Crippen LogP contribution in [-0.2, 0) is 9.53 Å². The van der Waals surface area contributed by atoms with E-state index in [-0.39, 0.29) is 24.0 Å². The van der Waals surface area contributed by atoms with Crippen LogP contribution in [0.4, 0.5) is 0 Å². The second kappa shape index (κ2) is 5.53. The number of amides is 1. The number of rotatable bonds is 3. The summed E-state index contributed by atoms with van der Waals surface area (Å²) in [4.78, 5) is 15.6. The van der Waals surface area contributed by atoms with Crippen molar-refractivity contribution in [3.05, 3.63) is 29.8 Å². The Bertz CT molecular complexity index is 564. The van der Waals surface area contributed by atoms with Crippen LogP contribution in [0.3, 0.4) is 0 Å². The topological polar surface area (TPSA) is 91.2 Å². The van der Waals surface area contributed by atoms with Crippen LogP contribution >= 0.6 is 0 Å². The fourth-order valence-electron chi connectivity index (χ4n) is 1.74. The number of methoxy groups -OCH3 is 1. The quantitative estimate of drug-likeness (QED) is 0.758. The Kier molecular flexibility index (Phi) is 3.82. The lowest BCUT2D eigenvalue weighted by Gasteiger charge is -2.04. The van der Waals surface area contributed by atoms with Gasteiger partial charge in [0, 0.05) is 25.2 Å². The molecule has 0 fully saturated rings. The summed E-state index contributed by atoms with van der Waals surface area (Å²) in [5.41, 5.74) is 1.07. The molecule has 0 unspecified atom stereocenters. The lowest BCUT2D eigenvalue weighted by Crippen LogP contribution is -2.32. The Morgan fingerprint density at radius 2 is 2.26 bits per heavy atom. The highest BCUT2D eigenvalue weighted by Gasteiger charge is 2.15. The van der Waals surface area contributed by atoms with Crippen molar-refractivity contribution in [2.45, 2.75) is 6.42 Å². The summed E-state index contributed by atoms with van der Waals surface area (Å²) < 4.78 is 4.71. The molecule has 1 aliphatic heterocycles. The third kappa shape index (κ3) is 3.11. The monoisotopic (exact) mass is 262 g/mol. The van der Waals surface area contributed by atoms with E-state index in [2.05, 4.69) is 10.3 Å². The molecule has 1 aromatic rings. The van der Waals surface area contributed by atoms with Crippen molar-refractivity contribution in [3.63, 3.8) is 0 Å². The molecule has 0 aliphatic carbocycles. The molecular weight excluding hydrogens is 248 g/mol. The van der Waals surface area contributed by atoms with Crippen LogP contribution in [0.2, 0.25) is 0 Å². The van der Waals surface area contributed by atoms with Crippen molar-refractivity contribution in [3.8, 4) is 11.5 Å². The van der Waals surface area contributed by atoms with Crippen LogP contribution in [0.1, 0.15) is 12.0 Å². The molecule has 0 atom stereocenters. The van der Waals surface area contributed by atoms with Gasteiger partial charge in [-0.2, -0.15) is 0 Å². The van der Waals surface area contributed by atoms with Gasteiger partial charge in [-0.25, -0.2) is 4.99 Å². The van der Waals surface area contributed by atoms with E-state index < -0.39 is 0 Å². The van der Waals surface area contributed by atoms with Crippen LogP contribution in [0.5, 0.6) is 11.5 Å². The number of hydrogen-bond donors (Lipinski definition) is 3. The van der Waals surface area contributed by atoms with Gasteiger partial charge in [-0.3, -0.25) is 4.79 Å². The van der Waals surface area contributed by atoms with E-state index in [1.165, 1.54) is 19.2 Å². The Labute approximate surface area is 110 Å². The molecule has 0 radical (unpaired) electrons. The molecule has 6 nitrogen and oxygen atoms in total. The van der Waals surface area contributed by atoms with Gasteiger partial charge in [0.1, 0.15) is 23.9 Å². The van der Waals surface area contributed by atoms with Crippen molar-refractivity contribution in [2.75, 3.05) is 13.7 Å². The average molecular weight is 262 g/mol. The lowest BCUT2D eigenvalue weighted by atomic mass is 10.1. The van der Waals surface area contributed by atoms with Crippen LogP contribution < -0.4 is 5.32 Å². The Morgan fingerprint density at radius 1 is 1.47 bits per heavy atom. The van der Waals surface area contributed by atoms with Crippen molar-refractivity contribution in [2.24, 2.45) is 4.99 Å². The molecule has 1 aliphatic rings. The summed E-state index contributed by atoms with van der Waals surface area (Å²) >= 11 is 0. The molecule has 1 heterocycles. The molecule has 3 N–H and O–H groups in total. The molecule has 2 rings (SSSR count). The maximum absolute atomic E-state index is 11.3. The van der Waals surface area contributed by atoms with Gasteiger partial charge in [0.25, 0.3) is 5.91 Å². The first-order valence-electron chi connectivity index (χ1n) is 5.69. The number of nitrogens with one attached hydrogen (secondary N) is 1. The first-order chi connectivity index (χ1) is 9.10. The molecule has 0 aromatic heterocycles. The van der Waals surface area contributed by atoms with Crippen LogP contribution in [0, 0.1) is 0 Å². The standard InChI is InChI=1S/C13H14N2O4/c1-19-7-13(18)15-12-5-4-10(14-12)9-3-2-8(16)6-11(9)17/h2-4,6,16-17H,5,7H2,1H3,(H,14,15,18). The lowest BCUT2D eigenvalue weighted by molar-refractivity contribution is -0.123. The van der Waals surface area contributed by atoms with Crippen molar-refractivity contribution < 1.29 is 19.7 Å². The van der Waals surface area contributed by atoms with Gasteiger partial charge in [0.2, 0.25) is 0 Å². The van der Waals surface area contributed by atoms with E-state index >= 15 is 0 Å². The van der Waals surface area contributed by atoms with Crippen LogP contribution in [0.25, 0.3) is 5.70 Å². The largest absolute Gasteiger partial charge is 0.508 e. The summed E-state index contributed by atoms with van der Waals surface area (Å²) in [5, 5.41) is 21.6. The molecule has 0 saturated carbocycles. The van der Waals surface area contributed by atoms with E-state index in [1.54, 1.807) is 12.1 Å². The zero-order chi connectivity index (χ0) is 13.8. The molecule has 1 amide bonds. The predicted octanol–water partition coefficient (Wildman–Crippen LogP) is 1.00. The maximum atomic E-state index is 11.3. The molecule has 0 saturated heterocycles. The van der Waals surface area contributed by atoms with E-state index in [0.717, 1.165) is 0 Å². The Morgan fingerprint density at radius 3 is 2.95 bits per heavy atom. The number of aliphatic imine (C=N–C) groups is 1. The number of carbonyl (C=O) groups excluding carboxylic acids is 1. The van der Waals surface area contributed by atoms with Gasteiger partial charge in [-0.05, 0) is 12.1 Å². The van der Waals surface area contributed by atoms with Crippen LogP contribution in [0.15, 0.2) is 29.3 Å². The smallest absolute Gasteiger partial charge is 0.251 e. The minimum absolute atomic E-state index is 0.0163. The van der Waals surface area contributed by atoms with Gasteiger partial charge < -0.3 is 20.3 Å². The highest BCUT2D eigenvalue weighted by molar-refractivity contribution is 6.04. The fourth-order valence-corrected chi connectivity index (χ4v) is 1.74. The second-order valence-corrected chi connectivity index (χ2v) is 4.03. The number of carbonyl (C=O) groups is 1. The first kappa shape index (κ1) is 13.1. The first-order valence-corrected chi connectivity index (χ1v) is 5.69. The zero-order valence-corrected chi connectivity index (χ0v) is 10.4. The van der Waals surface area contributed by atoms with Crippen molar-refractivity contribution in [1.29, 1.82) is 0 Å². The summed E-state index contributed by atoms with van der Waals surface area (Å²) in [7, 11) is 1.44. The molecule has 0 spiro atoms. The number of aromatic hydroxyl groups is 2. The van der Waals surface area contributed by atoms with E-state index in [9.17, 15) is 15.0 Å². The molecule has 19 heavy (non-hydrogen) atoms. The minimum Gasteiger partial charge on any atom is -0.508 e. The number of phenols is 2. The van der Waals surface area contributed by atoms with Gasteiger partial charge >= 0.3 is 0 Å². The highest BCUT2D eigenvalue weighted by Crippen LogP contribution is 2.31. The zero-order valence-electron chi connectivity index (χ0n) is 10.4. The minimum atomic E-state index is -0.272. The molecule has 100 valence electrons. The van der Waals surface area contributed by atoms with E-state index in [4.69, 9.17) is 4.74 Å². The van der Waals surface area contributed by atoms with Gasteiger partial charge in [-0.15, -0.1) is 0 Å². The molecular formula is C13H14N2O4. The highest BCUT2D eigenvalue weighted by atomic mass is 16.5. The SMILES string of the molecule is COCC(=O)NC1=NC(c2ccc(O)cc2O)=CC1. The van der Waals surface area contributed by atoms with Gasteiger partial charge in [0.05, 0.1) is 5.70 Å². The number of nitrogens with zero attached hydrogens (tertiary/aromatic N) is 1. The third-order valence-corrected chi connectivity index (χ3v) is 2.56. The number of hydrogen-bond acceptors (Lipinski definition) is 5. The predicted molar refractivity (Wildman–Crippen MR) is 69.8 cm³/mol. The summed E-state index contributed by atoms with van der Waals surface area (Å²) in [6.07, 6.45) is 2.26. The fraction of sp³-hybridized carbons (Fsp3) is 0.231. The summed E-state index contributed by atoms with van der Waals surface area (Å²) in [5.74, 6) is 0.160. The molecule has 6 heteroatoms. The van der Waals surface area contributed by atoms with Crippen molar-refractivity contribution >= 4 is 17.4 Å². The van der Waals surface area contributed by atoms with Crippen LogP contribution in [-0.4, -0.2) is 35.7 Å². The van der Waals surface area contributed by atoms with Gasteiger partial charge in [-0.1, -0.05) is 6.08 Å². The number of amidine groups is 1. The van der Waals surface area contributed by atoms with Crippen molar-refractivity contribution in [1.82, 2.24) is 5.32 Å². The molecule has 1 aromatic carbocycles. The maximum Gasteiger partial charge on any atom is 0.251 e. The Balaban J connectivity index is 2.11.